The summed E-state index contributed by atoms with van der Waals surface area (Å²) >= 11 is 0. The molecule has 1 aromatic rings. The molecule has 0 heterocycles. The van der Waals surface area contributed by atoms with E-state index in [1.54, 1.807) is 13.0 Å². The number of amides is 1. The Labute approximate surface area is 153 Å². The van der Waals surface area contributed by atoms with Crippen LogP contribution in [-0.4, -0.2) is 36.3 Å². The number of alkyl carbamates (subject to hydrolysis) is 1. The molecule has 26 heavy (non-hydrogen) atoms. The molecule has 0 unspecified atom stereocenters. The minimum atomic E-state index is -0.876. The molecule has 0 aromatic heterocycles. The monoisotopic (exact) mass is 363 g/mol. The van der Waals surface area contributed by atoms with Gasteiger partial charge < -0.3 is 19.5 Å². The van der Waals surface area contributed by atoms with Crippen LogP contribution >= 0.6 is 0 Å². The number of rotatable bonds is 9. The van der Waals surface area contributed by atoms with Crippen molar-refractivity contribution >= 4 is 18.0 Å². The van der Waals surface area contributed by atoms with E-state index in [0.29, 0.717) is 0 Å². The van der Waals surface area contributed by atoms with Gasteiger partial charge in [-0.1, -0.05) is 36.4 Å². The normalized spacial score (nSPS) is 13.7. The third-order valence-electron chi connectivity index (χ3n) is 3.44. The second-order valence-corrected chi connectivity index (χ2v) is 5.74. The highest BCUT2D eigenvalue weighted by molar-refractivity contribution is 5.69. The molecular weight excluding hydrogens is 338 g/mol. The van der Waals surface area contributed by atoms with Gasteiger partial charge in [-0.25, -0.2) is 4.79 Å². The molecule has 0 radical (unpaired) electrons. The minimum Gasteiger partial charge on any atom is -0.458 e. The second kappa shape index (κ2) is 10.9. The molecule has 0 aliphatic rings. The van der Waals surface area contributed by atoms with Crippen LogP contribution in [0.15, 0.2) is 43.0 Å². The first-order chi connectivity index (χ1) is 12.3. The quantitative estimate of drug-likeness (QED) is 0.412. The highest BCUT2D eigenvalue weighted by Gasteiger charge is 2.32. The van der Waals surface area contributed by atoms with E-state index in [1.165, 1.54) is 13.8 Å². The average Bonchev–Trinajstić information content (AvgIpc) is 2.58. The molecule has 7 heteroatoms. The highest BCUT2D eigenvalue weighted by Crippen LogP contribution is 2.15. The van der Waals surface area contributed by atoms with E-state index in [9.17, 15) is 14.4 Å². The topological polar surface area (TPSA) is 90.9 Å². The summed E-state index contributed by atoms with van der Waals surface area (Å²) < 4.78 is 15.6. The van der Waals surface area contributed by atoms with Gasteiger partial charge in [0.2, 0.25) is 0 Å². The molecule has 0 bridgehead atoms. The lowest BCUT2D eigenvalue weighted by Gasteiger charge is -2.30. The molecule has 142 valence electrons. The number of ether oxygens (including phenoxy) is 3. The maximum atomic E-state index is 12.0. The third-order valence-corrected chi connectivity index (χ3v) is 3.44. The first-order valence-corrected chi connectivity index (χ1v) is 8.26. The number of carbonyl (C=O) groups is 3. The number of nitrogens with one attached hydrogen (secondary N) is 1. The summed E-state index contributed by atoms with van der Waals surface area (Å²) in [4.78, 5) is 34.7. The zero-order valence-corrected chi connectivity index (χ0v) is 15.3. The molecule has 1 rings (SSSR count). The predicted molar refractivity (Wildman–Crippen MR) is 95.1 cm³/mol. The molecule has 1 N–H and O–H groups in total. The molecule has 7 nitrogen and oxygen atoms in total. The molecule has 1 amide bonds. The SMILES string of the molecule is C=CC[C@H](OC(C)=O)[C@H](OC(C)=O)[C@@H](C)NC(=O)OCc1ccccc1. The maximum Gasteiger partial charge on any atom is 0.407 e. The van der Waals surface area contributed by atoms with E-state index >= 15 is 0 Å². The van der Waals surface area contributed by atoms with Crippen molar-refractivity contribution in [2.24, 2.45) is 0 Å². The molecule has 0 aliphatic carbocycles. The molecular formula is C19H25NO6. The van der Waals surface area contributed by atoms with Crippen LogP contribution in [-0.2, 0) is 30.4 Å². The lowest BCUT2D eigenvalue weighted by molar-refractivity contribution is -0.167. The number of hydrogen-bond donors (Lipinski definition) is 1. The molecule has 1 aromatic carbocycles. The standard InChI is InChI=1S/C19H25NO6/c1-5-9-17(25-14(3)21)18(26-15(4)22)13(2)20-19(23)24-12-16-10-7-6-8-11-16/h5-8,10-11,13,17-18H,1,9,12H2,2-4H3,(H,20,23)/t13-,17+,18-/m1/s1. The van der Waals surface area contributed by atoms with E-state index < -0.39 is 36.3 Å². The van der Waals surface area contributed by atoms with Crippen molar-refractivity contribution in [3.8, 4) is 0 Å². The van der Waals surface area contributed by atoms with Crippen LogP contribution in [0.3, 0.4) is 0 Å². The molecule has 0 spiro atoms. The van der Waals surface area contributed by atoms with Crippen molar-refractivity contribution in [2.75, 3.05) is 0 Å². The third kappa shape index (κ3) is 7.83. The number of carbonyl (C=O) groups excluding carboxylic acids is 3. The Hall–Kier alpha value is -2.83. The van der Waals surface area contributed by atoms with Crippen molar-refractivity contribution < 1.29 is 28.6 Å². The molecule has 0 aliphatic heterocycles. The van der Waals surface area contributed by atoms with E-state index in [1.807, 2.05) is 30.3 Å². The van der Waals surface area contributed by atoms with Crippen LogP contribution < -0.4 is 5.32 Å². The summed E-state index contributed by atoms with van der Waals surface area (Å²) in [6.45, 7) is 7.85. The Bertz CT molecular complexity index is 616. The van der Waals surface area contributed by atoms with Crippen LogP contribution in [0, 0.1) is 0 Å². The number of benzene rings is 1. The van der Waals surface area contributed by atoms with E-state index in [2.05, 4.69) is 11.9 Å². The van der Waals surface area contributed by atoms with Crippen LogP contribution in [0.1, 0.15) is 32.8 Å². The van der Waals surface area contributed by atoms with E-state index in [-0.39, 0.29) is 13.0 Å². The van der Waals surface area contributed by atoms with Crippen LogP contribution in [0.2, 0.25) is 0 Å². The summed E-state index contributed by atoms with van der Waals surface area (Å²) in [5.74, 6) is -1.07. The Kier molecular flexibility index (Phi) is 8.91. The Morgan fingerprint density at radius 2 is 1.73 bits per heavy atom. The van der Waals surface area contributed by atoms with Crippen molar-refractivity contribution in [2.45, 2.75) is 52.0 Å². The van der Waals surface area contributed by atoms with Gasteiger partial charge in [0, 0.05) is 20.3 Å². The summed E-state index contributed by atoms with van der Waals surface area (Å²) in [5, 5.41) is 2.60. The Morgan fingerprint density at radius 1 is 1.12 bits per heavy atom. The van der Waals surface area contributed by atoms with Gasteiger partial charge in [0.25, 0.3) is 0 Å². The van der Waals surface area contributed by atoms with Crippen LogP contribution in [0.4, 0.5) is 4.79 Å². The minimum absolute atomic E-state index is 0.109. The largest absolute Gasteiger partial charge is 0.458 e. The van der Waals surface area contributed by atoms with Crippen molar-refractivity contribution in [3.05, 3.63) is 48.6 Å². The summed E-state index contributed by atoms with van der Waals surface area (Å²) in [5.41, 5.74) is 0.844. The lowest BCUT2D eigenvalue weighted by Crippen LogP contribution is -2.50. The van der Waals surface area contributed by atoms with E-state index in [4.69, 9.17) is 14.2 Å². The predicted octanol–water partition coefficient (Wildman–Crippen LogP) is 2.74. The van der Waals surface area contributed by atoms with Gasteiger partial charge in [-0.15, -0.1) is 6.58 Å². The molecule has 0 saturated heterocycles. The Morgan fingerprint density at radius 3 is 2.27 bits per heavy atom. The molecule has 0 saturated carbocycles. The first kappa shape index (κ1) is 21.2. The zero-order valence-electron chi connectivity index (χ0n) is 15.3. The van der Waals surface area contributed by atoms with Crippen molar-refractivity contribution in [1.82, 2.24) is 5.32 Å². The smallest absolute Gasteiger partial charge is 0.407 e. The number of hydrogen-bond acceptors (Lipinski definition) is 6. The second-order valence-electron chi connectivity index (χ2n) is 5.74. The molecule has 0 fully saturated rings. The zero-order chi connectivity index (χ0) is 19.5. The fraction of sp³-hybridized carbons (Fsp3) is 0.421. The van der Waals surface area contributed by atoms with Gasteiger partial charge in [0.15, 0.2) is 6.10 Å². The average molecular weight is 363 g/mol. The molecule has 3 atom stereocenters. The first-order valence-electron chi connectivity index (χ1n) is 8.26. The van der Waals surface area contributed by atoms with Gasteiger partial charge in [-0.2, -0.15) is 0 Å². The number of esters is 2. The summed E-state index contributed by atoms with van der Waals surface area (Å²) in [6, 6.07) is 8.57. The fourth-order valence-corrected chi connectivity index (χ4v) is 2.35. The summed E-state index contributed by atoms with van der Waals surface area (Å²) in [7, 11) is 0. The highest BCUT2D eigenvalue weighted by atomic mass is 16.6. The van der Waals surface area contributed by atoms with Gasteiger partial charge in [-0.3, -0.25) is 9.59 Å². The van der Waals surface area contributed by atoms with Crippen molar-refractivity contribution in [3.63, 3.8) is 0 Å². The van der Waals surface area contributed by atoms with Crippen LogP contribution in [0.5, 0.6) is 0 Å². The van der Waals surface area contributed by atoms with Crippen molar-refractivity contribution in [1.29, 1.82) is 0 Å². The summed E-state index contributed by atoms with van der Waals surface area (Å²) in [6.07, 6.45) is -0.497. The Balaban J connectivity index is 2.72. The van der Waals surface area contributed by atoms with Gasteiger partial charge in [0.05, 0.1) is 6.04 Å². The lowest BCUT2D eigenvalue weighted by atomic mass is 10.0. The van der Waals surface area contributed by atoms with Crippen LogP contribution in [0.25, 0.3) is 0 Å². The van der Waals surface area contributed by atoms with Gasteiger partial charge in [0.1, 0.15) is 12.7 Å². The fourth-order valence-electron chi connectivity index (χ4n) is 2.35. The van der Waals surface area contributed by atoms with Gasteiger partial charge >= 0.3 is 18.0 Å². The maximum absolute atomic E-state index is 12.0. The van der Waals surface area contributed by atoms with E-state index in [0.717, 1.165) is 5.56 Å². The van der Waals surface area contributed by atoms with Gasteiger partial charge in [-0.05, 0) is 12.5 Å².